The van der Waals surface area contributed by atoms with E-state index in [0.717, 1.165) is 44.2 Å². The van der Waals surface area contributed by atoms with Gasteiger partial charge in [0.15, 0.2) is 12.1 Å². The number of ketones is 1. The van der Waals surface area contributed by atoms with Crippen LogP contribution in [0.2, 0.25) is 0 Å². The molecule has 1 aliphatic rings. The Hall–Kier alpha value is -5.30. The van der Waals surface area contributed by atoms with E-state index in [1.54, 1.807) is 28.9 Å². The summed E-state index contributed by atoms with van der Waals surface area (Å²) in [6.45, 7) is 7.25. The molecule has 23 heteroatoms. The van der Waals surface area contributed by atoms with Crippen molar-refractivity contribution in [3.8, 4) is 0 Å². The van der Waals surface area contributed by atoms with Crippen LogP contribution in [0, 0.1) is 17.8 Å². The molecule has 81 heavy (non-hydrogen) atoms. The summed E-state index contributed by atoms with van der Waals surface area (Å²) in [5, 5.41) is 80.4. The predicted molar refractivity (Wildman–Crippen MR) is 303 cm³/mol. The number of urea groups is 1. The number of primary amides is 1. The number of carbonyl (C=O) groups is 6. The molecule has 5 amide bonds. The van der Waals surface area contributed by atoms with E-state index in [9.17, 15) is 54.3 Å². The summed E-state index contributed by atoms with van der Waals surface area (Å²) in [6.07, 6.45) is 11.7. The Morgan fingerprint density at radius 3 is 2.05 bits per heavy atom. The van der Waals surface area contributed by atoms with Crippen LogP contribution in [0.3, 0.4) is 0 Å². The molecule has 0 saturated carbocycles. The maximum Gasteiger partial charge on any atom is 0.407 e. The number of alkyl carbamates (subject to hydrolysis) is 1. The van der Waals surface area contributed by atoms with Crippen LogP contribution in [0.15, 0.2) is 30.5 Å². The number of nitrogens with one attached hydrogen (secondary N) is 4. The van der Waals surface area contributed by atoms with Crippen molar-refractivity contribution in [3.63, 3.8) is 0 Å². The number of hydrogen-bond acceptors (Lipinski definition) is 16. The number of aromatic nitrogens is 3. The maximum absolute atomic E-state index is 13.8. The molecule has 2 aromatic rings. The molecule has 460 valence electrons. The van der Waals surface area contributed by atoms with E-state index in [-0.39, 0.29) is 69.0 Å². The number of amides is 5. The first-order valence-corrected chi connectivity index (χ1v) is 29.7. The number of aryl methyl sites for hydroxylation is 2. The lowest BCUT2D eigenvalue weighted by Gasteiger charge is -2.40. The van der Waals surface area contributed by atoms with Gasteiger partial charge in [-0.3, -0.25) is 23.9 Å². The highest BCUT2D eigenvalue weighted by Gasteiger charge is 2.44. The number of nitrogens with zero attached hydrogens (tertiary/aromatic N) is 3. The predicted octanol–water partition coefficient (Wildman–Crippen LogP) is 5.94. The molecule has 12 N–H and O–H groups in total. The van der Waals surface area contributed by atoms with Gasteiger partial charge < -0.3 is 71.9 Å². The van der Waals surface area contributed by atoms with Gasteiger partial charge in [-0.15, -0.1) is 5.10 Å². The Morgan fingerprint density at radius 1 is 0.778 bits per heavy atom. The summed E-state index contributed by atoms with van der Waals surface area (Å²) in [7, 11) is 0. The van der Waals surface area contributed by atoms with Crippen LogP contribution in [0.25, 0.3) is 0 Å². The Balaban J connectivity index is 1.55. The van der Waals surface area contributed by atoms with E-state index in [1.807, 2.05) is 27.0 Å². The van der Waals surface area contributed by atoms with E-state index >= 15 is 0 Å². The number of carboxylic acid groups (broad SMARTS) is 1. The van der Waals surface area contributed by atoms with Gasteiger partial charge in [-0.25, -0.2) is 9.59 Å². The number of Topliss-reactive ketones (excluding diaryl/α,β-unsaturated/α-hetero) is 1. The second-order valence-corrected chi connectivity index (χ2v) is 22.2. The van der Waals surface area contributed by atoms with Crippen molar-refractivity contribution < 1.29 is 73.6 Å². The number of hydrogen-bond donors (Lipinski definition) is 11. The van der Waals surface area contributed by atoms with E-state index < -0.39 is 85.4 Å². The molecule has 1 saturated heterocycles. The minimum Gasteiger partial charge on any atom is -0.481 e. The number of carbonyl (C=O) groups excluding carboxylic acids is 5. The molecule has 1 aliphatic heterocycles. The zero-order valence-corrected chi connectivity index (χ0v) is 48.5. The third-order valence-electron chi connectivity index (χ3n) is 14.8. The third kappa shape index (κ3) is 28.5. The molecule has 0 aliphatic carbocycles. The van der Waals surface area contributed by atoms with Gasteiger partial charge in [-0.05, 0) is 80.9 Å². The van der Waals surface area contributed by atoms with Crippen molar-refractivity contribution in [2.45, 2.75) is 244 Å². The van der Waals surface area contributed by atoms with Crippen molar-refractivity contribution in [1.82, 2.24) is 30.9 Å². The normalized spacial score (nSPS) is 19.0. The number of aliphatic hydroxyl groups excluding tert-OH is 5. The fourth-order valence-electron chi connectivity index (χ4n) is 9.78. The Kier molecular flexibility index (Phi) is 34.6. The maximum atomic E-state index is 13.8. The zero-order valence-electron chi connectivity index (χ0n) is 48.5. The van der Waals surface area contributed by atoms with Crippen LogP contribution >= 0.6 is 0 Å². The lowest BCUT2D eigenvalue weighted by atomic mass is 9.89. The van der Waals surface area contributed by atoms with Gasteiger partial charge in [-0.1, -0.05) is 129 Å². The summed E-state index contributed by atoms with van der Waals surface area (Å²) in [4.78, 5) is 76.2. The van der Waals surface area contributed by atoms with Crippen molar-refractivity contribution in [3.05, 3.63) is 41.7 Å². The highest BCUT2D eigenvalue weighted by atomic mass is 16.7. The van der Waals surface area contributed by atoms with Gasteiger partial charge in [0.05, 0.1) is 37.1 Å². The summed E-state index contributed by atoms with van der Waals surface area (Å²) >= 11 is 0. The van der Waals surface area contributed by atoms with Crippen LogP contribution < -0.4 is 27.0 Å². The van der Waals surface area contributed by atoms with Crippen molar-refractivity contribution in [2.75, 3.05) is 25.1 Å². The minimum atomic E-state index is -1.69. The van der Waals surface area contributed by atoms with E-state index in [1.165, 1.54) is 51.4 Å². The lowest BCUT2D eigenvalue weighted by molar-refractivity contribution is -0.303. The van der Waals surface area contributed by atoms with Gasteiger partial charge in [0.1, 0.15) is 31.0 Å². The van der Waals surface area contributed by atoms with E-state index in [0.29, 0.717) is 56.3 Å². The summed E-state index contributed by atoms with van der Waals surface area (Å²) in [6, 6.07) is 3.84. The highest BCUT2D eigenvalue weighted by Crippen LogP contribution is 2.25. The zero-order chi connectivity index (χ0) is 59.5. The van der Waals surface area contributed by atoms with Gasteiger partial charge in [0.25, 0.3) is 0 Å². The fraction of sp³-hybridized carbons (Fsp3) is 0.759. The molecule has 0 bridgehead atoms. The van der Waals surface area contributed by atoms with Gasteiger partial charge >= 0.3 is 18.1 Å². The second kappa shape index (κ2) is 40.0. The Labute approximate surface area is 478 Å². The molecule has 1 aromatic heterocycles. The third-order valence-corrected chi connectivity index (χ3v) is 14.8. The standard InChI is InChI=1S/C58H98N8O15/c1-5-6-7-8-9-10-11-12-13-14-15-17-23-40(4)51(72)45(38-79-56-54(75)53(74)52(73)47(36-67)81-56)62-58(78)80-37-41-28-30-43(31-29-41)61-55(76)42(24-22-32-60-57(59)77)34-46(68)50(39(2)3)63-48(69)26-18-16-21-33-66-35-44(64-65-66)25-19-20-27-49(70)71/h28-31,35,39-40,42,45,47,50-54,56,67,72-75H,5-27,32-34,36-38H2,1-4H3,(H,61,76)(H,62,78)(H,63,69)(H,70,71)(H3,59,60,77)/t40-,42-,45+,47?,50+,51-,52+,53+,54?,56+/m1/s1. The molecule has 1 aromatic carbocycles. The summed E-state index contributed by atoms with van der Waals surface area (Å²) < 4.78 is 18.5. The SMILES string of the molecule is CCCCCCCCCCCCCC[C@@H](C)[C@@H](O)[C@H](CO[C@H]1OC(CO)[C@H](O)[C@H](O)C1O)NC(=O)OCc1ccc(NC(=O)[C@H](CCCNC(N)=O)CC(=O)[C@@H](NC(=O)CCCCCn2cc(CCCCC(=O)O)nn2)C(C)C)cc1. The highest BCUT2D eigenvalue weighted by molar-refractivity contribution is 5.97. The quantitative estimate of drug-likeness (QED) is 0.0342. The van der Waals surface area contributed by atoms with Crippen molar-refractivity contribution in [2.24, 2.45) is 23.5 Å². The van der Waals surface area contributed by atoms with Gasteiger partial charge in [-0.2, -0.15) is 0 Å². The Bertz CT molecular complexity index is 2110. The molecule has 3 rings (SSSR count). The van der Waals surface area contributed by atoms with E-state index in [2.05, 4.69) is 38.5 Å². The fourth-order valence-corrected chi connectivity index (χ4v) is 9.78. The number of carboxylic acids is 1. The molecule has 0 radical (unpaired) electrons. The van der Waals surface area contributed by atoms with Gasteiger partial charge in [0, 0.05) is 50.2 Å². The first-order valence-electron chi connectivity index (χ1n) is 29.7. The first-order chi connectivity index (χ1) is 38.8. The van der Waals surface area contributed by atoms with Crippen LogP contribution in [-0.2, 0) is 53.0 Å². The number of rotatable bonds is 44. The average molecular weight is 1150 g/mol. The number of aliphatic carboxylic acids is 1. The van der Waals surface area contributed by atoms with Crippen LogP contribution in [0.1, 0.15) is 187 Å². The average Bonchev–Trinajstić information content (AvgIpc) is 3.91. The number of unbranched alkanes of at least 4 members (excludes halogenated alkanes) is 14. The van der Waals surface area contributed by atoms with E-state index in [4.69, 9.17) is 25.1 Å². The number of benzene rings is 1. The molecule has 0 spiro atoms. The van der Waals surface area contributed by atoms with Crippen molar-refractivity contribution >= 4 is 41.4 Å². The minimum absolute atomic E-state index is 0.117. The largest absolute Gasteiger partial charge is 0.481 e. The number of anilines is 1. The molecule has 2 unspecified atom stereocenters. The second-order valence-electron chi connectivity index (χ2n) is 22.2. The molecular weight excluding hydrogens is 1050 g/mol. The summed E-state index contributed by atoms with van der Waals surface area (Å²) in [5.41, 5.74) is 6.99. The van der Waals surface area contributed by atoms with Gasteiger partial charge in [0.2, 0.25) is 11.8 Å². The molecular formula is C58H98N8O15. The van der Waals surface area contributed by atoms with Crippen LogP contribution in [0.5, 0.6) is 0 Å². The number of nitrogens with two attached hydrogens (primary N) is 1. The number of ether oxygens (including phenoxy) is 3. The lowest BCUT2D eigenvalue weighted by Crippen LogP contribution is -2.60. The monoisotopic (exact) mass is 1150 g/mol. The molecule has 23 nitrogen and oxygen atoms in total. The molecule has 2 heterocycles. The number of aliphatic hydroxyl groups is 5. The first kappa shape index (κ1) is 70.0. The topological polar surface area (TPSA) is 356 Å². The Morgan fingerprint density at radius 2 is 1.42 bits per heavy atom. The smallest absolute Gasteiger partial charge is 0.407 e. The molecule has 1 fully saturated rings. The van der Waals surface area contributed by atoms with Crippen LogP contribution in [-0.4, -0.2) is 150 Å². The molecule has 10 atom stereocenters. The van der Waals surface area contributed by atoms with Crippen LogP contribution in [0.4, 0.5) is 15.3 Å². The van der Waals surface area contributed by atoms with Crippen molar-refractivity contribution in [1.29, 1.82) is 0 Å². The summed E-state index contributed by atoms with van der Waals surface area (Å²) in [5.74, 6) is -3.29.